The number of unbranched alkanes of at least 4 members (excludes halogenated alkanes) is 2. The molecule has 140 valence electrons. The average molecular weight is 355 g/mol. The fourth-order valence-electron chi connectivity index (χ4n) is 2.60. The lowest BCUT2D eigenvalue weighted by molar-refractivity contribution is -0.122. The summed E-state index contributed by atoms with van der Waals surface area (Å²) in [6, 6.07) is 13.4. The molecule has 2 rings (SSSR count). The average Bonchev–Trinajstić information content (AvgIpc) is 2.62. The lowest BCUT2D eigenvalue weighted by Gasteiger charge is -2.16. The van der Waals surface area contributed by atoms with Crippen molar-refractivity contribution >= 4 is 11.6 Å². The van der Waals surface area contributed by atoms with Gasteiger partial charge in [0, 0.05) is 5.69 Å². The molecule has 0 bridgehead atoms. The Balaban J connectivity index is 1.86. The van der Waals surface area contributed by atoms with Crippen LogP contribution in [0.15, 0.2) is 42.5 Å². The predicted octanol–water partition coefficient (Wildman–Crippen LogP) is 5.28. The van der Waals surface area contributed by atoms with E-state index in [-0.39, 0.29) is 5.91 Å². The van der Waals surface area contributed by atoms with Crippen molar-refractivity contribution in [3.8, 4) is 11.5 Å². The second kappa shape index (κ2) is 9.85. The lowest BCUT2D eigenvalue weighted by atomic mass is 10.1. The van der Waals surface area contributed by atoms with E-state index in [4.69, 9.17) is 9.47 Å². The second-order valence-electron chi connectivity index (χ2n) is 6.60. The molecule has 1 N–H and O–H groups in total. The molecule has 0 aliphatic carbocycles. The van der Waals surface area contributed by atoms with Gasteiger partial charge in [0.1, 0.15) is 11.5 Å². The van der Waals surface area contributed by atoms with Gasteiger partial charge in [0.25, 0.3) is 5.91 Å². The molecule has 1 atom stereocenters. The minimum Gasteiger partial charge on any atom is -0.494 e. The Kier molecular flexibility index (Phi) is 7.52. The Bertz CT molecular complexity index is 710. The first-order valence-electron chi connectivity index (χ1n) is 9.27. The molecule has 0 aromatic heterocycles. The van der Waals surface area contributed by atoms with Crippen LogP contribution in [-0.2, 0) is 4.79 Å². The van der Waals surface area contributed by atoms with Gasteiger partial charge < -0.3 is 14.8 Å². The number of aryl methyl sites for hydroxylation is 2. The highest BCUT2D eigenvalue weighted by atomic mass is 16.5. The molecule has 2 aromatic carbocycles. The minimum atomic E-state index is -0.582. The van der Waals surface area contributed by atoms with E-state index in [0.29, 0.717) is 0 Å². The molecule has 0 spiro atoms. The van der Waals surface area contributed by atoms with Crippen molar-refractivity contribution < 1.29 is 14.3 Å². The first-order valence-corrected chi connectivity index (χ1v) is 9.27. The van der Waals surface area contributed by atoms with Crippen molar-refractivity contribution in [3.05, 3.63) is 53.6 Å². The van der Waals surface area contributed by atoms with Crippen LogP contribution in [0.4, 0.5) is 5.69 Å². The van der Waals surface area contributed by atoms with Gasteiger partial charge in [-0.3, -0.25) is 4.79 Å². The molecule has 1 unspecified atom stereocenters. The number of carbonyl (C=O) groups excluding carboxylic acids is 1. The first-order chi connectivity index (χ1) is 12.5. The summed E-state index contributed by atoms with van der Waals surface area (Å²) in [5.74, 6) is 1.37. The maximum absolute atomic E-state index is 12.4. The normalized spacial score (nSPS) is 11.7. The second-order valence-corrected chi connectivity index (χ2v) is 6.60. The number of nitrogens with one attached hydrogen (secondary N) is 1. The molecule has 0 heterocycles. The van der Waals surface area contributed by atoms with Crippen LogP contribution in [-0.4, -0.2) is 18.6 Å². The minimum absolute atomic E-state index is 0.179. The Hall–Kier alpha value is -2.49. The molecule has 1 amide bonds. The summed E-state index contributed by atoms with van der Waals surface area (Å²) < 4.78 is 11.5. The maximum atomic E-state index is 12.4. The standard InChI is InChI=1S/C22H29NO3/c1-5-6-7-14-25-20-11-9-19(10-12-20)23-22(24)18(4)26-21-13-8-16(2)15-17(21)3/h8-13,15,18H,5-7,14H2,1-4H3,(H,23,24). The van der Waals surface area contributed by atoms with Gasteiger partial charge in [0.15, 0.2) is 6.10 Å². The van der Waals surface area contributed by atoms with Gasteiger partial charge in [-0.05, 0) is 63.1 Å². The molecule has 2 aromatic rings. The summed E-state index contributed by atoms with van der Waals surface area (Å²) in [6.45, 7) is 8.65. The van der Waals surface area contributed by atoms with E-state index in [1.165, 1.54) is 18.4 Å². The molecule has 26 heavy (non-hydrogen) atoms. The molecular weight excluding hydrogens is 326 g/mol. The number of hydrogen-bond donors (Lipinski definition) is 1. The molecule has 0 aliphatic rings. The quantitative estimate of drug-likeness (QED) is 0.623. The fraction of sp³-hybridized carbons (Fsp3) is 0.409. The number of benzene rings is 2. The smallest absolute Gasteiger partial charge is 0.265 e. The van der Waals surface area contributed by atoms with Gasteiger partial charge in [0.05, 0.1) is 6.61 Å². The monoisotopic (exact) mass is 355 g/mol. The van der Waals surface area contributed by atoms with Crippen molar-refractivity contribution in [3.63, 3.8) is 0 Å². The third-order valence-corrected chi connectivity index (χ3v) is 4.14. The Labute approximate surface area is 156 Å². The van der Waals surface area contributed by atoms with Crippen molar-refractivity contribution in [2.75, 3.05) is 11.9 Å². The summed E-state index contributed by atoms with van der Waals surface area (Å²) in [5.41, 5.74) is 2.92. The predicted molar refractivity (Wildman–Crippen MR) is 106 cm³/mol. The summed E-state index contributed by atoms with van der Waals surface area (Å²) in [7, 11) is 0. The van der Waals surface area contributed by atoms with Crippen LogP contribution in [0.1, 0.15) is 44.2 Å². The number of anilines is 1. The summed E-state index contributed by atoms with van der Waals surface area (Å²) >= 11 is 0. The highest BCUT2D eigenvalue weighted by Crippen LogP contribution is 2.21. The van der Waals surface area contributed by atoms with E-state index in [1.807, 2.05) is 56.3 Å². The molecule has 0 fully saturated rings. The van der Waals surface area contributed by atoms with Gasteiger partial charge in [-0.15, -0.1) is 0 Å². The fourth-order valence-corrected chi connectivity index (χ4v) is 2.60. The van der Waals surface area contributed by atoms with E-state index < -0.39 is 6.10 Å². The van der Waals surface area contributed by atoms with Crippen molar-refractivity contribution in [1.82, 2.24) is 0 Å². The van der Waals surface area contributed by atoms with Crippen LogP contribution >= 0.6 is 0 Å². The molecule has 0 saturated carbocycles. The van der Waals surface area contributed by atoms with Crippen molar-refractivity contribution in [2.24, 2.45) is 0 Å². The third kappa shape index (κ3) is 6.10. The van der Waals surface area contributed by atoms with Crippen LogP contribution in [0.5, 0.6) is 11.5 Å². The highest BCUT2D eigenvalue weighted by molar-refractivity contribution is 5.94. The van der Waals surface area contributed by atoms with E-state index in [1.54, 1.807) is 6.92 Å². The Morgan fingerprint density at radius 3 is 2.46 bits per heavy atom. The van der Waals surface area contributed by atoms with Gasteiger partial charge >= 0.3 is 0 Å². The van der Waals surface area contributed by atoms with E-state index in [0.717, 1.165) is 35.8 Å². The third-order valence-electron chi connectivity index (χ3n) is 4.14. The number of ether oxygens (including phenoxy) is 2. The number of carbonyl (C=O) groups is 1. The van der Waals surface area contributed by atoms with Gasteiger partial charge in [-0.1, -0.05) is 37.5 Å². The lowest BCUT2D eigenvalue weighted by Crippen LogP contribution is -2.30. The van der Waals surface area contributed by atoms with E-state index in [9.17, 15) is 4.79 Å². The molecule has 0 aliphatic heterocycles. The SMILES string of the molecule is CCCCCOc1ccc(NC(=O)C(C)Oc2ccc(C)cc2C)cc1. The van der Waals surface area contributed by atoms with Crippen molar-refractivity contribution in [2.45, 2.75) is 53.1 Å². The topological polar surface area (TPSA) is 47.6 Å². The largest absolute Gasteiger partial charge is 0.494 e. The molecular formula is C22H29NO3. The first kappa shape index (κ1) is 19.8. The maximum Gasteiger partial charge on any atom is 0.265 e. The number of amides is 1. The molecule has 0 radical (unpaired) electrons. The van der Waals surface area contributed by atoms with Crippen LogP contribution in [0.3, 0.4) is 0 Å². The van der Waals surface area contributed by atoms with E-state index >= 15 is 0 Å². The summed E-state index contributed by atoms with van der Waals surface area (Å²) in [5, 5.41) is 2.88. The summed E-state index contributed by atoms with van der Waals surface area (Å²) in [6.07, 6.45) is 2.83. The van der Waals surface area contributed by atoms with Gasteiger partial charge in [-0.25, -0.2) is 0 Å². The Morgan fingerprint density at radius 1 is 1.08 bits per heavy atom. The van der Waals surface area contributed by atoms with Crippen molar-refractivity contribution in [1.29, 1.82) is 0 Å². The van der Waals surface area contributed by atoms with Crippen LogP contribution in [0.2, 0.25) is 0 Å². The van der Waals surface area contributed by atoms with Crippen LogP contribution < -0.4 is 14.8 Å². The zero-order valence-corrected chi connectivity index (χ0v) is 16.2. The Morgan fingerprint density at radius 2 is 1.81 bits per heavy atom. The van der Waals surface area contributed by atoms with Gasteiger partial charge in [-0.2, -0.15) is 0 Å². The molecule has 4 nitrogen and oxygen atoms in total. The molecule has 0 saturated heterocycles. The molecule has 4 heteroatoms. The van der Waals surface area contributed by atoms with Gasteiger partial charge in [0.2, 0.25) is 0 Å². The highest BCUT2D eigenvalue weighted by Gasteiger charge is 2.16. The number of hydrogen-bond acceptors (Lipinski definition) is 3. The summed E-state index contributed by atoms with van der Waals surface area (Å²) in [4.78, 5) is 12.4. The van der Waals surface area contributed by atoms with Crippen LogP contribution in [0.25, 0.3) is 0 Å². The zero-order valence-electron chi connectivity index (χ0n) is 16.2. The van der Waals surface area contributed by atoms with Crippen LogP contribution in [0, 0.1) is 13.8 Å². The number of rotatable bonds is 9. The van der Waals surface area contributed by atoms with E-state index in [2.05, 4.69) is 12.2 Å². The zero-order chi connectivity index (χ0) is 18.9.